The molecule has 0 saturated carbocycles. The van der Waals surface area contributed by atoms with Gasteiger partial charge in [-0.05, 0) is 12.8 Å². The van der Waals surface area contributed by atoms with Crippen LogP contribution in [0.1, 0.15) is 39.5 Å². The maximum absolute atomic E-state index is 10.5. The van der Waals surface area contributed by atoms with Crippen molar-refractivity contribution >= 4 is 5.97 Å². The minimum Gasteiger partial charge on any atom is -0.481 e. The number of rotatable bonds is 5. The predicted octanol–water partition coefficient (Wildman–Crippen LogP) is 2.29. The highest BCUT2D eigenvalue weighted by atomic mass is 16.5. The predicted molar refractivity (Wildman–Crippen MR) is 40.9 cm³/mol. The lowest BCUT2D eigenvalue weighted by molar-refractivity contribution is -0.142. The molecule has 0 aliphatic carbocycles. The quantitative estimate of drug-likeness (QED) is 0.607. The van der Waals surface area contributed by atoms with Crippen LogP contribution in [0.15, 0.2) is 0 Å². The van der Waals surface area contributed by atoms with Crippen molar-refractivity contribution in [2.45, 2.75) is 39.5 Å². The topological polar surface area (TPSA) is 37.3 Å². The van der Waals surface area contributed by atoms with E-state index in [2.05, 4.69) is 0 Å². The molecule has 0 aromatic heterocycles. The van der Waals surface area contributed by atoms with E-state index in [1.54, 1.807) is 0 Å². The van der Waals surface area contributed by atoms with Crippen molar-refractivity contribution in [3.05, 3.63) is 0 Å². The third kappa shape index (κ3) is 3.49. The number of carboxylic acids is 1. The molecule has 60 valence electrons. The van der Waals surface area contributed by atoms with E-state index in [-0.39, 0.29) is 5.92 Å². The molecule has 0 bridgehead atoms. The first kappa shape index (κ1) is 9.47. The smallest absolute Gasteiger partial charge is 0.306 e. The van der Waals surface area contributed by atoms with Gasteiger partial charge in [-0.2, -0.15) is 0 Å². The minimum atomic E-state index is -0.635. The SMILES string of the molecule is CCC[13CH]([13CH2][13CH2]C)[13C](=O)O. The summed E-state index contributed by atoms with van der Waals surface area (Å²) in [6.07, 6.45) is 3.58. The molecular formula is C8H16O2. The van der Waals surface area contributed by atoms with Crippen LogP contribution in [0, 0.1) is 5.92 Å². The molecule has 0 fully saturated rings. The van der Waals surface area contributed by atoms with Crippen LogP contribution >= 0.6 is 0 Å². The lowest BCUT2D eigenvalue weighted by Crippen LogP contribution is -2.12. The van der Waals surface area contributed by atoms with Crippen molar-refractivity contribution in [1.29, 1.82) is 0 Å². The van der Waals surface area contributed by atoms with Crippen LogP contribution in [0.4, 0.5) is 0 Å². The summed E-state index contributed by atoms with van der Waals surface area (Å²) < 4.78 is 0. The van der Waals surface area contributed by atoms with Gasteiger partial charge in [-0.15, -0.1) is 0 Å². The molecule has 0 aliphatic heterocycles. The molecule has 0 aromatic carbocycles. The van der Waals surface area contributed by atoms with Gasteiger partial charge in [0.15, 0.2) is 0 Å². The van der Waals surface area contributed by atoms with Gasteiger partial charge in [0.1, 0.15) is 0 Å². The largest absolute Gasteiger partial charge is 0.481 e. The normalized spacial score (nSPS) is 13.0. The third-order valence-corrected chi connectivity index (χ3v) is 1.62. The van der Waals surface area contributed by atoms with Crippen LogP contribution in [0.5, 0.6) is 0 Å². The molecule has 0 saturated heterocycles. The fourth-order valence-electron chi connectivity index (χ4n) is 1.09. The maximum Gasteiger partial charge on any atom is 0.306 e. The molecule has 0 rings (SSSR count). The second-order valence-corrected chi connectivity index (χ2v) is 2.61. The van der Waals surface area contributed by atoms with Gasteiger partial charge in [0.05, 0.1) is 5.92 Å². The standard InChI is InChI=1S/C8H16O2/c1-3-5-7(6-4-2)8(9)10/h7H,3-6H2,1-2H3,(H,9,10)/i3+1,5+1,7+1,8+1. The van der Waals surface area contributed by atoms with Gasteiger partial charge in [0, 0.05) is 0 Å². The summed E-state index contributed by atoms with van der Waals surface area (Å²) in [6.45, 7) is 4.04. The molecule has 1 unspecified atom stereocenters. The van der Waals surface area contributed by atoms with Gasteiger partial charge in [0.2, 0.25) is 0 Å². The van der Waals surface area contributed by atoms with Crippen LogP contribution < -0.4 is 0 Å². The summed E-state index contributed by atoms with van der Waals surface area (Å²) in [6, 6.07) is 0. The van der Waals surface area contributed by atoms with E-state index in [0.29, 0.717) is 0 Å². The Morgan fingerprint density at radius 1 is 1.30 bits per heavy atom. The first-order chi connectivity index (χ1) is 4.72. The van der Waals surface area contributed by atoms with Gasteiger partial charge < -0.3 is 5.11 Å². The number of aliphatic carboxylic acids is 1. The number of carboxylic acid groups (broad SMARTS) is 1. The lowest BCUT2D eigenvalue weighted by atomic mass is 10.4. The number of hydrogen-bond donors (Lipinski definition) is 1. The van der Waals surface area contributed by atoms with E-state index in [1.807, 2.05) is 13.8 Å². The van der Waals surface area contributed by atoms with Crippen molar-refractivity contribution in [2.75, 3.05) is 0 Å². The first-order valence-electron chi connectivity index (χ1n) is 3.95. The van der Waals surface area contributed by atoms with Crippen LogP contribution in [0.3, 0.4) is 0 Å². The highest BCUT2D eigenvalue weighted by molar-refractivity contribution is 5.69. The van der Waals surface area contributed by atoms with Crippen LogP contribution in [-0.2, 0) is 4.79 Å². The summed E-state index contributed by atoms with van der Waals surface area (Å²) >= 11 is 0. The van der Waals surface area contributed by atoms with E-state index in [9.17, 15) is 4.79 Å². The average molecular weight is 148 g/mol. The highest BCUT2D eigenvalue weighted by Gasteiger charge is 2.13. The minimum absolute atomic E-state index is 0.102. The molecule has 1 N–H and O–H groups in total. The Hall–Kier alpha value is -0.530. The summed E-state index contributed by atoms with van der Waals surface area (Å²) in [5.74, 6) is -0.737. The second kappa shape index (κ2) is 5.27. The maximum atomic E-state index is 10.5. The van der Waals surface area contributed by atoms with Crippen molar-refractivity contribution in [3.63, 3.8) is 0 Å². The van der Waals surface area contributed by atoms with Crippen molar-refractivity contribution < 1.29 is 9.90 Å². The van der Waals surface area contributed by atoms with E-state index in [4.69, 9.17) is 5.11 Å². The summed E-state index contributed by atoms with van der Waals surface area (Å²) in [7, 11) is 0. The number of carbonyl (C=O) groups is 1. The van der Waals surface area contributed by atoms with Gasteiger partial charge in [-0.25, -0.2) is 0 Å². The van der Waals surface area contributed by atoms with E-state index >= 15 is 0 Å². The molecule has 2 nitrogen and oxygen atoms in total. The summed E-state index contributed by atoms with van der Waals surface area (Å²) in [4.78, 5) is 10.5. The fraction of sp³-hybridized carbons (Fsp3) is 0.875. The second-order valence-electron chi connectivity index (χ2n) is 2.61. The first-order valence-corrected chi connectivity index (χ1v) is 3.95. The molecule has 0 amide bonds. The molecule has 10 heavy (non-hydrogen) atoms. The number of hydrogen-bond acceptors (Lipinski definition) is 1. The van der Waals surface area contributed by atoms with Gasteiger partial charge in [-0.3, -0.25) is 4.79 Å². The molecule has 1 atom stereocenters. The zero-order valence-electron chi connectivity index (χ0n) is 6.76. The lowest BCUT2D eigenvalue weighted by Gasteiger charge is -2.07. The molecule has 0 aliphatic rings. The Morgan fingerprint density at radius 2 is 1.70 bits per heavy atom. The Balaban J connectivity index is 3.61. The monoisotopic (exact) mass is 148 g/mol. The third-order valence-electron chi connectivity index (χ3n) is 1.62. The van der Waals surface area contributed by atoms with Crippen LogP contribution in [-0.4, -0.2) is 11.1 Å². The molecule has 0 aromatic rings. The van der Waals surface area contributed by atoms with Gasteiger partial charge in [0.25, 0.3) is 0 Å². The molecule has 0 spiro atoms. The molecular weight excluding hydrogens is 132 g/mol. The highest BCUT2D eigenvalue weighted by Crippen LogP contribution is 2.12. The Bertz CT molecular complexity index is 93.4. The Kier molecular flexibility index (Phi) is 4.99. The zero-order valence-corrected chi connectivity index (χ0v) is 6.76. The Morgan fingerprint density at radius 3 is 1.90 bits per heavy atom. The molecule has 0 radical (unpaired) electrons. The van der Waals surface area contributed by atoms with Crippen LogP contribution in [0.25, 0.3) is 0 Å². The summed E-state index contributed by atoms with van der Waals surface area (Å²) in [5.41, 5.74) is 0. The van der Waals surface area contributed by atoms with Crippen LogP contribution in [0.2, 0.25) is 0 Å². The molecule has 0 heterocycles. The Labute approximate surface area is 62.2 Å². The zero-order chi connectivity index (χ0) is 7.98. The van der Waals surface area contributed by atoms with Crippen molar-refractivity contribution in [1.82, 2.24) is 0 Å². The van der Waals surface area contributed by atoms with Crippen molar-refractivity contribution in [3.8, 4) is 0 Å². The summed E-state index contributed by atoms with van der Waals surface area (Å²) in [5, 5.41) is 8.64. The van der Waals surface area contributed by atoms with Gasteiger partial charge >= 0.3 is 5.97 Å². The fourth-order valence-corrected chi connectivity index (χ4v) is 1.09. The van der Waals surface area contributed by atoms with E-state index in [1.165, 1.54) is 0 Å². The van der Waals surface area contributed by atoms with Gasteiger partial charge in [-0.1, -0.05) is 26.7 Å². The van der Waals surface area contributed by atoms with Crippen molar-refractivity contribution in [2.24, 2.45) is 5.92 Å². The van der Waals surface area contributed by atoms with E-state index < -0.39 is 5.97 Å². The molecule has 2 heteroatoms. The van der Waals surface area contributed by atoms with E-state index in [0.717, 1.165) is 25.7 Å². The average Bonchev–Trinajstić information content (AvgIpc) is 1.87.